The summed E-state index contributed by atoms with van der Waals surface area (Å²) in [6, 6.07) is 9.88. The van der Waals surface area contributed by atoms with E-state index in [9.17, 15) is 4.79 Å². The van der Waals surface area contributed by atoms with Crippen LogP contribution in [-0.2, 0) is 9.53 Å². The van der Waals surface area contributed by atoms with E-state index in [1.54, 1.807) is 6.92 Å². The fraction of sp³-hybridized carbons (Fsp3) is 0.385. The van der Waals surface area contributed by atoms with Gasteiger partial charge in [-0.05, 0) is 19.1 Å². The van der Waals surface area contributed by atoms with Crippen LogP contribution in [-0.4, -0.2) is 37.0 Å². The van der Waals surface area contributed by atoms with Crippen molar-refractivity contribution in [3.8, 4) is 0 Å². The third-order valence-electron chi connectivity index (χ3n) is 2.68. The van der Waals surface area contributed by atoms with Gasteiger partial charge in [0.05, 0.1) is 12.3 Å². The quantitative estimate of drug-likeness (QED) is 0.759. The second kappa shape index (κ2) is 5.53. The minimum Gasteiger partial charge on any atom is -0.466 e. The molecule has 0 bridgehead atoms. The topological polar surface area (TPSA) is 45.1 Å². The highest BCUT2D eigenvalue weighted by atomic mass is 16.5. The van der Waals surface area contributed by atoms with Crippen molar-refractivity contribution in [1.82, 2.24) is 4.90 Å². The molecule has 1 aromatic rings. The first kappa shape index (κ1) is 12.4. The van der Waals surface area contributed by atoms with Gasteiger partial charge in [0.1, 0.15) is 18.9 Å². The Balaban J connectivity index is 2.06. The van der Waals surface area contributed by atoms with Crippen molar-refractivity contribution in [3.05, 3.63) is 30.3 Å². The molecule has 0 aromatic heterocycles. The summed E-state index contributed by atoms with van der Waals surface area (Å²) in [6.07, 6.45) is 0.216. The Labute approximate surface area is 107 Å². The molecule has 18 heavy (non-hydrogen) atoms. The predicted molar refractivity (Wildman–Crippen MR) is 70.2 cm³/mol. The Hall–Kier alpha value is -2.04. The summed E-state index contributed by atoms with van der Waals surface area (Å²) in [5.74, 6) is 0.496. The molecule has 2 rings (SSSR count). The van der Waals surface area contributed by atoms with E-state index >= 15 is 0 Å². The van der Waals surface area contributed by atoms with Crippen molar-refractivity contribution in [2.75, 3.05) is 25.3 Å². The fourth-order valence-corrected chi connectivity index (χ4v) is 1.78. The van der Waals surface area contributed by atoms with E-state index < -0.39 is 0 Å². The molecule has 0 unspecified atom stereocenters. The lowest BCUT2D eigenvalue weighted by Crippen LogP contribution is -2.28. The molecule has 1 heterocycles. The van der Waals surface area contributed by atoms with Gasteiger partial charge in [-0.2, -0.15) is 5.10 Å². The number of carbonyl (C=O) groups is 1. The maximum absolute atomic E-state index is 11.4. The molecule has 1 aliphatic rings. The first-order chi connectivity index (χ1) is 8.70. The lowest BCUT2D eigenvalue weighted by molar-refractivity contribution is -0.141. The average molecular weight is 247 g/mol. The van der Waals surface area contributed by atoms with Crippen molar-refractivity contribution in [2.24, 2.45) is 5.10 Å². The smallest absolute Gasteiger partial charge is 0.313 e. The Bertz CT molecular complexity index is 445. The standard InChI is InChI=1S/C13H17N3O2/c1-3-18-13(17)9-12-14-16(10-15(12)2)11-7-5-4-6-8-11/h4-8H,3,9-10H2,1-2H3. The zero-order valence-corrected chi connectivity index (χ0v) is 10.7. The van der Waals surface area contributed by atoms with Gasteiger partial charge in [-0.15, -0.1) is 0 Å². The SMILES string of the molecule is CCOC(=O)CC1=NN(c2ccccc2)CN1C. The van der Waals surface area contributed by atoms with E-state index in [-0.39, 0.29) is 12.4 Å². The summed E-state index contributed by atoms with van der Waals surface area (Å²) >= 11 is 0. The summed E-state index contributed by atoms with van der Waals surface area (Å²) in [7, 11) is 1.92. The average Bonchev–Trinajstić information content (AvgIpc) is 2.72. The molecular weight excluding hydrogens is 230 g/mol. The van der Waals surface area contributed by atoms with E-state index in [1.807, 2.05) is 47.3 Å². The van der Waals surface area contributed by atoms with Crippen molar-refractivity contribution in [1.29, 1.82) is 0 Å². The molecule has 96 valence electrons. The van der Waals surface area contributed by atoms with Gasteiger partial charge in [-0.25, -0.2) is 5.01 Å². The lowest BCUT2D eigenvalue weighted by Gasteiger charge is -2.16. The number of amidine groups is 1. The number of rotatable bonds is 4. The minimum absolute atomic E-state index is 0.216. The second-order valence-electron chi connectivity index (χ2n) is 4.07. The number of carbonyl (C=O) groups excluding carboxylic acids is 1. The maximum Gasteiger partial charge on any atom is 0.313 e. The van der Waals surface area contributed by atoms with Crippen LogP contribution in [0.1, 0.15) is 13.3 Å². The van der Waals surface area contributed by atoms with Crippen LogP contribution in [0.2, 0.25) is 0 Å². The van der Waals surface area contributed by atoms with Crippen molar-refractivity contribution in [2.45, 2.75) is 13.3 Å². The Morgan fingerprint density at radius 3 is 2.78 bits per heavy atom. The second-order valence-corrected chi connectivity index (χ2v) is 4.07. The highest BCUT2D eigenvalue weighted by Crippen LogP contribution is 2.19. The molecule has 0 atom stereocenters. The lowest BCUT2D eigenvalue weighted by atomic mass is 10.3. The molecule has 0 fully saturated rings. The molecule has 0 radical (unpaired) electrons. The molecule has 0 aliphatic carbocycles. The number of hydrogen-bond acceptors (Lipinski definition) is 5. The number of hydrogen-bond donors (Lipinski definition) is 0. The van der Waals surface area contributed by atoms with Crippen LogP contribution in [0.15, 0.2) is 35.4 Å². The molecule has 1 aromatic carbocycles. The van der Waals surface area contributed by atoms with Crippen molar-refractivity contribution >= 4 is 17.5 Å². The van der Waals surface area contributed by atoms with Gasteiger partial charge in [-0.1, -0.05) is 18.2 Å². The van der Waals surface area contributed by atoms with Crippen LogP contribution in [0.25, 0.3) is 0 Å². The number of benzene rings is 1. The highest BCUT2D eigenvalue weighted by molar-refractivity contribution is 5.98. The first-order valence-electron chi connectivity index (χ1n) is 5.97. The zero-order chi connectivity index (χ0) is 13.0. The van der Waals surface area contributed by atoms with Crippen LogP contribution in [0.3, 0.4) is 0 Å². The maximum atomic E-state index is 11.4. The van der Waals surface area contributed by atoms with Crippen LogP contribution < -0.4 is 5.01 Å². The molecule has 0 amide bonds. The zero-order valence-electron chi connectivity index (χ0n) is 10.7. The number of anilines is 1. The predicted octanol–water partition coefficient (Wildman–Crippen LogP) is 1.66. The van der Waals surface area contributed by atoms with E-state index in [4.69, 9.17) is 4.74 Å². The number of ether oxygens (including phenoxy) is 1. The summed E-state index contributed by atoms with van der Waals surface area (Å²) in [5, 5.41) is 6.31. The third kappa shape index (κ3) is 2.80. The number of hydrazone groups is 1. The van der Waals surface area contributed by atoms with Gasteiger partial charge >= 0.3 is 5.97 Å². The van der Waals surface area contributed by atoms with Gasteiger partial charge < -0.3 is 9.64 Å². The van der Waals surface area contributed by atoms with Gasteiger partial charge in [0.2, 0.25) is 0 Å². The fourth-order valence-electron chi connectivity index (χ4n) is 1.78. The summed E-state index contributed by atoms with van der Waals surface area (Å²) in [5.41, 5.74) is 1.02. The molecule has 0 N–H and O–H groups in total. The van der Waals surface area contributed by atoms with Crippen LogP contribution in [0.5, 0.6) is 0 Å². The largest absolute Gasteiger partial charge is 0.466 e. The third-order valence-corrected chi connectivity index (χ3v) is 2.68. The minimum atomic E-state index is -0.238. The monoisotopic (exact) mass is 247 g/mol. The highest BCUT2D eigenvalue weighted by Gasteiger charge is 2.22. The summed E-state index contributed by atoms with van der Waals surface area (Å²) < 4.78 is 4.93. The molecule has 0 saturated heterocycles. The van der Waals surface area contributed by atoms with E-state index in [1.165, 1.54) is 0 Å². The molecule has 5 heteroatoms. The van der Waals surface area contributed by atoms with E-state index in [0.717, 1.165) is 11.5 Å². The Morgan fingerprint density at radius 2 is 2.11 bits per heavy atom. The molecule has 5 nitrogen and oxygen atoms in total. The Morgan fingerprint density at radius 1 is 1.39 bits per heavy atom. The van der Waals surface area contributed by atoms with Crippen LogP contribution >= 0.6 is 0 Å². The van der Waals surface area contributed by atoms with Crippen molar-refractivity contribution in [3.63, 3.8) is 0 Å². The van der Waals surface area contributed by atoms with Gasteiger partial charge in [0, 0.05) is 7.05 Å². The van der Waals surface area contributed by atoms with E-state index in [0.29, 0.717) is 13.3 Å². The van der Waals surface area contributed by atoms with Gasteiger partial charge in [0.15, 0.2) is 0 Å². The van der Waals surface area contributed by atoms with Crippen LogP contribution in [0, 0.1) is 0 Å². The number of para-hydroxylation sites is 1. The summed E-state index contributed by atoms with van der Waals surface area (Å²) in [4.78, 5) is 13.4. The van der Waals surface area contributed by atoms with Crippen molar-refractivity contribution < 1.29 is 9.53 Å². The normalized spacial score (nSPS) is 14.7. The number of esters is 1. The molecular formula is C13H17N3O2. The van der Waals surface area contributed by atoms with E-state index in [2.05, 4.69) is 5.10 Å². The molecule has 0 spiro atoms. The molecule has 0 saturated carbocycles. The molecule has 1 aliphatic heterocycles. The summed E-state index contributed by atoms with van der Waals surface area (Å²) in [6.45, 7) is 2.85. The van der Waals surface area contributed by atoms with Gasteiger partial charge in [-0.3, -0.25) is 4.79 Å². The Kier molecular flexibility index (Phi) is 3.82. The van der Waals surface area contributed by atoms with Gasteiger partial charge in [0.25, 0.3) is 0 Å². The van der Waals surface area contributed by atoms with Crippen LogP contribution in [0.4, 0.5) is 5.69 Å². The number of nitrogens with zero attached hydrogens (tertiary/aromatic N) is 3. The first-order valence-corrected chi connectivity index (χ1v) is 5.97.